The van der Waals surface area contributed by atoms with E-state index in [4.69, 9.17) is 9.84 Å². The van der Waals surface area contributed by atoms with E-state index in [1.165, 1.54) is 29.6 Å². The minimum Gasteiger partial charge on any atom is -0.495 e. The molecule has 1 saturated heterocycles. The molecule has 1 fully saturated rings. The molecule has 150 valence electrons. The SMILES string of the molecule is COc1ccc(C(=O)NCCCC(=O)O)cc1S(=O)(=O)N1CCCCCC1. The first-order valence-corrected chi connectivity index (χ1v) is 10.5. The van der Waals surface area contributed by atoms with Gasteiger partial charge in [0.15, 0.2) is 0 Å². The van der Waals surface area contributed by atoms with Gasteiger partial charge in [-0.1, -0.05) is 12.8 Å². The van der Waals surface area contributed by atoms with Crippen LogP contribution in [-0.4, -0.2) is 56.5 Å². The van der Waals surface area contributed by atoms with Gasteiger partial charge in [0.25, 0.3) is 5.91 Å². The van der Waals surface area contributed by atoms with E-state index < -0.39 is 21.9 Å². The number of nitrogens with zero attached hydrogens (tertiary/aromatic N) is 1. The number of methoxy groups -OCH3 is 1. The Bertz CT molecular complexity index is 770. The Morgan fingerprint density at radius 1 is 1.19 bits per heavy atom. The van der Waals surface area contributed by atoms with Crippen molar-refractivity contribution in [1.82, 2.24) is 9.62 Å². The standard InChI is InChI=1S/C18H26N2O6S/c1-26-15-9-8-14(18(23)19-10-6-7-17(21)22)13-16(15)27(24,25)20-11-4-2-3-5-12-20/h8-9,13H,2-7,10-12H2,1H3,(H,19,23)(H,21,22). The van der Waals surface area contributed by atoms with Crippen molar-refractivity contribution in [1.29, 1.82) is 0 Å². The number of carboxylic acids is 1. The average molecular weight is 398 g/mol. The Balaban J connectivity index is 2.21. The molecule has 2 rings (SSSR count). The highest BCUT2D eigenvalue weighted by Crippen LogP contribution is 2.29. The minimum absolute atomic E-state index is 0.0231. The highest BCUT2D eigenvalue weighted by molar-refractivity contribution is 7.89. The van der Waals surface area contributed by atoms with Gasteiger partial charge in [0, 0.05) is 31.6 Å². The van der Waals surface area contributed by atoms with Crippen LogP contribution < -0.4 is 10.1 Å². The molecule has 1 aliphatic rings. The number of carbonyl (C=O) groups excluding carboxylic acids is 1. The maximum absolute atomic E-state index is 13.1. The summed E-state index contributed by atoms with van der Waals surface area (Å²) in [6.45, 7) is 1.11. The zero-order chi connectivity index (χ0) is 19.9. The van der Waals surface area contributed by atoms with Crippen molar-refractivity contribution in [3.63, 3.8) is 0 Å². The number of aliphatic carboxylic acids is 1. The van der Waals surface area contributed by atoms with Crippen LogP contribution in [0.5, 0.6) is 5.75 Å². The second-order valence-corrected chi connectivity index (χ2v) is 8.34. The topological polar surface area (TPSA) is 113 Å². The second kappa shape index (κ2) is 9.70. The molecule has 1 amide bonds. The van der Waals surface area contributed by atoms with Crippen molar-refractivity contribution in [3.8, 4) is 5.75 Å². The number of ether oxygens (including phenoxy) is 1. The van der Waals surface area contributed by atoms with Gasteiger partial charge in [0.2, 0.25) is 10.0 Å². The lowest BCUT2D eigenvalue weighted by Gasteiger charge is -2.21. The van der Waals surface area contributed by atoms with Crippen molar-refractivity contribution in [2.75, 3.05) is 26.7 Å². The smallest absolute Gasteiger partial charge is 0.303 e. The molecular formula is C18H26N2O6S. The van der Waals surface area contributed by atoms with Crippen LogP contribution in [0.2, 0.25) is 0 Å². The third kappa shape index (κ3) is 5.67. The summed E-state index contributed by atoms with van der Waals surface area (Å²) in [6, 6.07) is 4.29. The fraction of sp³-hybridized carbons (Fsp3) is 0.556. The van der Waals surface area contributed by atoms with Crippen molar-refractivity contribution < 1.29 is 27.9 Å². The first-order valence-electron chi connectivity index (χ1n) is 9.04. The van der Waals surface area contributed by atoms with E-state index in [0.29, 0.717) is 19.5 Å². The second-order valence-electron chi connectivity index (χ2n) is 6.44. The number of hydrogen-bond acceptors (Lipinski definition) is 5. The minimum atomic E-state index is -3.77. The zero-order valence-corrected chi connectivity index (χ0v) is 16.3. The van der Waals surface area contributed by atoms with E-state index in [2.05, 4.69) is 5.32 Å². The summed E-state index contributed by atoms with van der Waals surface area (Å²) in [6.07, 6.45) is 3.88. The molecule has 0 bridgehead atoms. The summed E-state index contributed by atoms with van der Waals surface area (Å²) in [5.41, 5.74) is 0.194. The van der Waals surface area contributed by atoms with Crippen LogP contribution in [0, 0.1) is 0 Å². The Labute approximate surface area is 159 Å². The van der Waals surface area contributed by atoms with Gasteiger partial charge in [-0.05, 0) is 37.5 Å². The first-order chi connectivity index (χ1) is 12.9. The maximum atomic E-state index is 13.1. The Morgan fingerprint density at radius 3 is 2.44 bits per heavy atom. The van der Waals surface area contributed by atoms with Crippen LogP contribution in [0.25, 0.3) is 0 Å². The molecule has 1 aromatic rings. The highest BCUT2D eigenvalue weighted by atomic mass is 32.2. The number of carboxylic acid groups (broad SMARTS) is 1. The third-order valence-electron chi connectivity index (χ3n) is 4.46. The van der Waals surface area contributed by atoms with Crippen molar-refractivity contribution >= 4 is 21.9 Å². The molecule has 9 heteroatoms. The van der Waals surface area contributed by atoms with Crippen LogP contribution in [0.1, 0.15) is 48.9 Å². The lowest BCUT2D eigenvalue weighted by atomic mass is 10.2. The van der Waals surface area contributed by atoms with Gasteiger partial charge in [-0.2, -0.15) is 4.31 Å². The summed E-state index contributed by atoms with van der Waals surface area (Å²) in [7, 11) is -2.38. The van der Waals surface area contributed by atoms with Crippen molar-refractivity contribution in [2.24, 2.45) is 0 Å². The van der Waals surface area contributed by atoms with Crippen molar-refractivity contribution in [3.05, 3.63) is 23.8 Å². The fourth-order valence-corrected chi connectivity index (χ4v) is 4.68. The van der Waals surface area contributed by atoms with E-state index in [9.17, 15) is 18.0 Å². The summed E-state index contributed by atoms with van der Waals surface area (Å²) in [5, 5.41) is 11.2. The molecule has 0 radical (unpaired) electrons. The molecule has 0 saturated carbocycles. The van der Waals surface area contributed by atoms with Gasteiger partial charge in [0.05, 0.1) is 7.11 Å². The van der Waals surface area contributed by atoms with Gasteiger partial charge < -0.3 is 15.2 Å². The molecule has 0 atom stereocenters. The normalized spacial score (nSPS) is 15.7. The molecule has 0 aliphatic carbocycles. The number of rotatable bonds is 8. The number of benzene rings is 1. The third-order valence-corrected chi connectivity index (χ3v) is 6.38. The predicted octanol–water partition coefficient (Wildman–Crippen LogP) is 1.85. The van der Waals surface area contributed by atoms with Crippen LogP contribution in [0.3, 0.4) is 0 Å². The number of amides is 1. The quantitative estimate of drug-likeness (QED) is 0.646. The van der Waals surface area contributed by atoms with Crippen molar-refractivity contribution in [2.45, 2.75) is 43.4 Å². The van der Waals surface area contributed by atoms with Gasteiger partial charge in [0.1, 0.15) is 10.6 Å². The molecule has 0 aromatic heterocycles. The molecule has 2 N–H and O–H groups in total. The summed E-state index contributed by atoms with van der Waals surface area (Å²) < 4.78 is 32.8. The number of nitrogens with one attached hydrogen (secondary N) is 1. The summed E-state index contributed by atoms with van der Waals surface area (Å²) in [4.78, 5) is 22.8. The molecule has 27 heavy (non-hydrogen) atoms. The monoisotopic (exact) mass is 398 g/mol. The van der Waals surface area contributed by atoms with E-state index in [-0.39, 0.29) is 29.2 Å². The molecule has 1 heterocycles. The van der Waals surface area contributed by atoms with Gasteiger partial charge in [-0.15, -0.1) is 0 Å². The van der Waals surface area contributed by atoms with E-state index in [0.717, 1.165) is 25.7 Å². The van der Waals surface area contributed by atoms with Crippen LogP contribution in [0.4, 0.5) is 0 Å². The van der Waals surface area contributed by atoms with Gasteiger partial charge in [-0.3, -0.25) is 9.59 Å². The summed E-state index contributed by atoms with van der Waals surface area (Å²) in [5.74, 6) is -1.18. The molecular weight excluding hydrogens is 372 g/mol. The first kappa shape index (κ1) is 21.2. The largest absolute Gasteiger partial charge is 0.495 e. The Hall–Kier alpha value is -2.13. The van der Waals surface area contributed by atoms with Crippen LogP contribution in [0.15, 0.2) is 23.1 Å². The lowest BCUT2D eigenvalue weighted by Crippen LogP contribution is -2.32. The number of carbonyl (C=O) groups is 2. The number of hydrogen-bond donors (Lipinski definition) is 2. The van der Waals surface area contributed by atoms with Crippen LogP contribution >= 0.6 is 0 Å². The molecule has 1 aromatic carbocycles. The zero-order valence-electron chi connectivity index (χ0n) is 15.4. The molecule has 0 unspecified atom stereocenters. The lowest BCUT2D eigenvalue weighted by molar-refractivity contribution is -0.137. The van der Waals surface area contributed by atoms with Crippen LogP contribution in [-0.2, 0) is 14.8 Å². The number of sulfonamides is 1. The summed E-state index contributed by atoms with van der Waals surface area (Å²) >= 11 is 0. The molecule has 8 nitrogen and oxygen atoms in total. The van der Waals surface area contributed by atoms with E-state index >= 15 is 0 Å². The predicted molar refractivity (Wildman–Crippen MR) is 99.4 cm³/mol. The Kier molecular flexibility index (Phi) is 7.61. The average Bonchev–Trinajstić information content (AvgIpc) is 2.94. The Morgan fingerprint density at radius 2 is 1.85 bits per heavy atom. The highest BCUT2D eigenvalue weighted by Gasteiger charge is 2.29. The molecule has 0 spiro atoms. The van der Waals surface area contributed by atoms with Gasteiger partial charge >= 0.3 is 5.97 Å². The van der Waals surface area contributed by atoms with E-state index in [1.807, 2.05) is 0 Å². The maximum Gasteiger partial charge on any atom is 0.303 e. The molecule has 1 aliphatic heterocycles. The van der Waals surface area contributed by atoms with Gasteiger partial charge in [-0.25, -0.2) is 8.42 Å². The fourth-order valence-electron chi connectivity index (χ4n) is 2.98. The van der Waals surface area contributed by atoms with E-state index in [1.54, 1.807) is 0 Å².